The second-order valence-corrected chi connectivity index (χ2v) is 6.91. The Labute approximate surface area is 132 Å². The summed E-state index contributed by atoms with van der Waals surface area (Å²) in [7, 11) is 0. The molecule has 0 aliphatic carbocycles. The molecular weight excluding hydrogens is 278 g/mol. The SMILES string of the molecule is CCc1ccc(COc2ccc(C)cc2CNC(C)C)s1. The summed E-state index contributed by atoms with van der Waals surface area (Å²) < 4.78 is 6.04. The first-order chi connectivity index (χ1) is 10.1. The number of benzene rings is 1. The quantitative estimate of drug-likeness (QED) is 0.801. The molecule has 0 radical (unpaired) electrons. The van der Waals surface area contributed by atoms with Crippen molar-refractivity contribution >= 4 is 11.3 Å². The molecule has 0 atom stereocenters. The third-order valence-electron chi connectivity index (χ3n) is 3.35. The van der Waals surface area contributed by atoms with Crippen molar-refractivity contribution in [1.29, 1.82) is 0 Å². The zero-order valence-corrected chi connectivity index (χ0v) is 14.2. The number of ether oxygens (including phenoxy) is 1. The second kappa shape index (κ2) is 7.62. The highest BCUT2D eigenvalue weighted by Crippen LogP contribution is 2.23. The van der Waals surface area contributed by atoms with E-state index in [2.05, 4.69) is 63.3 Å². The van der Waals surface area contributed by atoms with Crippen LogP contribution in [0.5, 0.6) is 5.75 Å². The number of thiophene rings is 1. The van der Waals surface area contributed by atoms with Gasteiger partial charge in [-0.05, 0) is 31.5 Å². The van der Waals surface area contributed by atoms with Gasteiger partial charge in [-0.1, -0.05) is 38.5 Å². The molecule has 2 nitrogen and oxygen atoms in total. The fourth-order valence-corrected chi connectivity index (χ4v) is 3.01. The molecular formula is C18H25NOS. The largest absolute Gasteiger partial charge is 0.488 e. The van der Waals surface area contributed by atoms with E-state index in [1.807, 2.05) is 11.3 Å². The van der Waals surface area contributed by atoms with Gasteiger partial charge in [-0.2, -0.15) is 0 Å². The maximum absolute atomic E-state index is 6.04. The smallest absolute Gasteiger partial charge is 0.124 e. The van der Waals surface area contributed by atoms with E-state index in [4.69, 9.17) is 4.74 Å². The first-order valence-electron chi connectivity index (χ1n) is 7.61. The van der Waals surface area contributed by atoms with Crippen molar-refractivity contribution in [2.45, 2.75) is 53.3 Å². The molecule has 2 aromatic rings. The number of hydrogen-bond donors (Lipinski definition) is 1. The zero-order valence-electron chi connectivity index (χ0n) is 13.4. The van der Waals surface area contributed by atoms with Gasteiger partial charge in [-0.3, -0.25) is 0 Å². The van der Waals surface area contributed by atoms with E-state index < -0.39 is 0 Å². The molecule has 0 amide bonds. The molecule has 0 unspecified atom stereocenters. The summed E-state index contributed by atoms with van der Waals surface area (Å²) >= 11 is 1.84. The minimum atomic E-state index is 0.475. The minimum Gasteiger partial charge on any atom is -0.488 e. The monoisotopic (exact) mass is 303 g/mol. The molecule has 0 aliphatic rings. The Morgan fingerprint density at radius 1 is 1.14 bits per heavy atom. The highest BCUT2D eigenvalue weighted by Gasteiger charge is 2.06. The van der Waals surface area contributed by atoms with Crippen LogP contribution in [0.1, 0.15) is 41.7 Å². The molecule has 1 heterocycles. The lowest BCUT2D eigenvalue weighted by Gasteiger charge is -2.14. The van der Waals surface area contributed by atoms with Crippen LogP contribution in [-0.2, 0) is 19.6 Å². The number of rotatable bonds is 7. The molecule has 2 rings (SSSR count). The van der Waals surface area contributed by atoms with E-state index in [1.165, 1.54) is 20.9 Å². The van der Waals surface area contributed by atoms with E-state index in [0.717, 1.165) is 18.7 Å². The van der Waals surface area contributed by atoms with Crippen LogP contribution in [0.15, 0.2) is 30.3 Å². The van der Waals surface area contributed by atoms with Gasteiger partial charge in [0.2, 0.25) is 0 Å². The van der Waals surface area contributed by atoms with Crippen molar-refractivity contribution in [3.63, 3.8) is 0 Å². The Hall–Kier alpha value is -1.32. The van der Waals surface area contributed by atoms with Crippen molar-refractivity contribution in [1.82, 2.24) is 5.32 Å². The van der Waals surface area contributed by atoms with Crippen LogP contribution >= 0.6 is 11.3 Å². The van der Waals surface area contributed by atoms with Crippen LogP contribution in [0.4, 0.5) is 0 Å². The maximum Gasteiger partial charge on any atom is 0.124 e. The first kappa shape index (κ1) is 16.1. The number of aryl methyl sites for hydroxylation is 2. The van der Waals surface area contributed by atoms with Gasteiger partial charge in [0, 0.05) is 27.9 Å². The molecule has 0 bridgehead atoms. The summed E-state index contributed by atoms with van der Waals surface area (Å²) in [5.41, 5.74) is 2.50. The van der Waals surface area contributed by atoms with E-state index in [1.54, 1.807) is 0 Å². The molecule has 0 fully saturated rings. The molecule has 0 saturated carbocycles. The molecule has 0 spiro atoms. The summed E-state index contributed by atoms with van der Waals surface area (Å²) in [6.07, 6.45) is 1.10. The Balaban J connectivity index is 2.04. The summed E-state index contributed by atoms with van der Waals surface area (Å²) in [5.74, 6) is 0.986. The Morgan fingerprint density at radius 2 is 1.90 bits per heavy atom. The summed E-state index contributed by atoms with van der Waals surface area (Å²) in [5, 5.41) is 3.46. The predicted octanol–water partition coefficient (Wildman–Crippen LogP) is 4.70. The number of hydrogen-bond acceptors (Lipinski definition) is 3. The topological polar surface area (TPSA) is 21.3 Å². The highest BCUT2D eigenvalue weighted by molar-refractivity contribution is 7.11. The molecule has 3 heteroatoms. The third-order valence-corrected chi connectivity index (χ3v) is 4.56. The van der Waals surface area contributed by atoms with Gasteiger partial charge in [0.05, 0.1) is 0 Å². The van der Waals surface area contributed by atoms with Crippen LogP contribution in [0, 0.1) is 6.92 Å². The van der Waals surface area contributed by atoms with Crippen molar-refractivity contribution in [2.75, 3.05) is 0 Å². The summed E-state index contributed by atoms with van der Waals surface area (Å²) in [6.45, 7) is 10.1. The fourth-order valence-electron chi connectivity index (χ4n) is 2.14. The number of nitrogens with one attached hydrogen (secondary N) is 1. The predicted molar refractivity (Wildman–Crippen MR) is 91.2 cm³/mol. The second-order valence-electron chi connectivity index (χ2n) is 5.66. The van der Waals surface area contributed by atoms with Gasteiger partial charge in [0.1, 0.15) is 12.4 Å². The minimum absolute atomic E-state index is 0.475. The average Bonchev–Trinajstić information content (AvgIpc) is 2.92. The van der Waals surface area contributed by atoms with E-state index in [-0.39, 0.29) is 0 Å². The van der Waals surface area contributed by atoms with E-state index in [0.29, 0.717) is 12.6 Å². The fraction of sp³-hybridized carbons (Fsp3) is 0.444. The van der Waals surface area contributed by atoms with Gasteiger partial charge in [0.25, 0.3) is 0 Å². The molecule has 21 heavy (non-hydrogen) atoms. The maximum atomic E-state index is 6.04. The van der Waals surface area contributed by atoms with Gasteiger partial charge >= 0.3 is 0 Å². The highest BCUT2D eigenvalue weighted by atomic mass is 32.1. The van der Waals surface area contributed by atoms with E-state index >= 15 is 0 Å². The molecule has 114 valence electrons. The van der Waals surface area contributed by atoms with Crippen LogP contribution in [0.2, 0.25) is 0 Å². The normalized spacial score (nSPS) is 11.1. The van der Waals surface area contributed by atoms with Gasteiger partial charge < -0.3 is 10.1 Å². The lowest BCUT2D eigenvalue weighted by molar-refractivity contribution is 0.305. The van der Waals surface area contributed by atoms with Gasteiger partial charge in [-0.15, -0.1) is 11.3 Å². The Kier molecular flexibility index (Phi) is 5.83. The van der Waals surface area contributed by atoms with Gasteiger partial charge in [0.15, 0.2) is 0 Å². The molecule has 1 aromatic heterocycles. The Morgan fingerprint density at radius 3 is 2.57 bits per heavy atom. The van der Waals surface area contributed by atoms with Crippen molar-refractivity contribution in [3.8, 4) is 5.75 Å². The lowest BCUT2D eigenvalue weighted by Crippen LogP contribution is -2.22. The van der Waals surface area contributed by atoms with Crippen LogP contribution in [0.25, 0.3) is 0 Å². The van der Waals surface area contributed by atoms with Crippen molar-refractivity contribution < 1.29 is 4.74 Å². The van der Waals surface area contributed by atoms with Crippen molar-refractivity contribution in [3.05, 3.63) is 51.2 Å². The summed E-state index contributed by atoms with van der Waals surface area (Å²) in [6, 6.07) is 11.2. The molecule has 0 aliphatic heterocycles. The van der Waals surface area contributed by atoms with Gasteiger partial charge in [-0.25, -0.2) is 0 Å². The Bertz CT molecular complexity index is 574. The molecule has 1 N–H and O–H groups in total. The first-order valence-corrected chi connectivity index (χ1v) is 8.43. The standard InChI is InChI=1S/C18H25NOS/c1-5-16-7-8-17(21-16)12-20-18-9-6-14(4)10-15(18)11-19-13(2)3/h6-10,13,19H,5,11-12H2,1-4H3. The van der Waals surface area contributed by atoms with E-state index in [9.17, 15) is 0 Å². The van der Waals surface area contributed by atoms with Crippen LogP contribution < -0.4 is 10.1 Å². The lowest BCUT2D eigenvalue weighted by atomic mass is 10.1. The average molecular weight is 303 g/mol. The van der Waals surface area contributed by atoms with Crippen LogP contribution in [0.3, 0.4) is 0 Å². The third kappa shape index (κ3) is 4.87. The van der Waals surface area contributed by atoms with Crippen molar-refractivity contribution in [2.24, 2.45) is 0 Å². The molecule has 0 saturated heterocycles. The zero-order chi connectivity index (χ0) is 15.2. The van der Waals surface area contributed by atoms with Crippen LogP contribution in [-0.4, -0.2) is 6.04 Å². The summed E-state index contributed by atoms with van der Waals surface area (Å²) in [4.78, 5) is 2.70. The molecule has 1 aromatic carbocycles.